The molecular weight excluding hydrogens is 337 g/mol. The lowest BCUT2D eigenvalue weighted by Gasteiger charge is -2.42. The van der Waals surface area contributed by atoms with E-state index in [4.69, 9.17) is 0 Å². The highest BCUT2D eigenvalue weighted by Crippen LogP contribution is 2.34. The Morgan fingerprint density at radius 2 is 2.11 bits per heavy atom. The molecule has 3 aliphatic rings. The standard InChI is InChI=1S/C15H16INO/c16-13-3-1-2-12(9-13)15(18)10-14-8-11-4-6-17(14)7-5-11/h1-3,9-11H,4-8H2/b14-10+. The Balaban J connectivity index is 1.81. The molecule has 1 aromatic carbocycles. The SMILES string of the molecule is O=C(/C=C1\CC2CCN1CC2)c1cccc(I)c1. The van der Waals surface area contributed by atoms with E-state index in [1.807, 2.05) is 30.3 Å². The molecule has 3 heterocycles. The van der Waals surface area contributed by atoms with Crippen LogP contribution >= 0.6 is 22.6 Å². The Labute approximate surface area is 121 Å². The Morgan fingerprint density at radius 3 is 2.72 bits per heavy atom. The van der Waals surface area contributed by atoms with Gasteiger partial charge in [0.1, 0.15) is 0 Å². The van der Waals surface area contributed by atoms with Gasteiger partial charge in [0.05, 0.1) is 0 Å². The summed E-state index contributed by atoms with van der Waals surface area (Å²) in [5, 5.41) is 0. The van der Waals surface area contributed by atoms with Gasteiger partial charge in [0, 0.05) is 34.0 Å². The molecule has 3 heteroatoms. The first-order valence-corrected chi connectivity index (χ1v) is 7.55. The van der Waals surface area contributed by atoms with E-state index in [1.54, 1.807) is 0 Å². The second kappa shape index (κ2) is 5.03. The third-order valence-electron chi connectivity index (χ3n) is 3.93. The zero-order chi connectivity index (χ0) is 12.5. The number of ketones is 1. The second-order valence-corrected chi connectivity index (χ2v) is 6.39. The van der Waals surface area contributed by atoms with Crippen molar-refractivity contribution >= 4 is 28.4 Å². The minimum Gasteiger partial charge on any atom is -0.375 e. The minimum atomic E-state index is 0.149. The Bertz CT molecular complexity index is 501. The number of benzene rings is 1. The van der Waals surface area contributed by atoms with E-state index in [-0.39, 0.29) is 5.78 Å². The van der Waals surface area contributed by atoms with Crippen molar-refractivity contribution in [2.45, 2.75) is 19.3 Å². The van der Waals surface area contributed by atoms with Crippen molar-refractivity contribution in [2.24, 2.45) is 5.92 Å². The summed E-state index contributed by atoms with van der Waals surface area (Å²) >= 11 is 2.24. The van der Waals surface area contributed by atoms with Gasteiger partial charge in [-0.2, -0.15) is 0 Å². The van der Waals surface area contributed by atoms with E-state index in [9.17, 15) is 4.79 Å². The van der Waals surface area contributed by atoms with Crippen LogP contribution in [-0.4, -0.2) is 23.8 Å². The molecule has 2 bridgehead atoms. The molecule has 1 aromatic rings. The van der Waals surface area contributed by atoms with Crippen LogP contribution in [0.15, 0.2) is 36.0 Å². The Kier molecular flexibility index (Phi) is 3.41. The maximum Gasteiger partial charge on any atom is 0.187 e. The van der Waals surface area contributed by atoms with Gasteiger partial charge in [0.25, 0.3) is 0 Å². The van der Waals surface area contributed by atoms with Crippen LogP contribution in [0.25, 0.3) is 0 Å². The number of allylic oxidation sites excluding steroid dienone is 2. The van der Waals surface area contributed by atoms with E-state index >= 15 is 0 Å². The topological polar surface area (TPSA) is 20.3 Å². The number of halogens is 1. The molecule has 94 valence electrons. The van der Waals surface area contributed by atoms with Crippen molar-refractivity contribution < 1.29 is 4.79 Å². The highest BCUT2D eigenvalue weighted by molar-refractivity contribution is 14.1. The van der Waals surface area contributed by atoms with Crippen LogP contribution in [0.4, 0.5) is 0 Å². The predicted octanol–water partition coefficient (Wildman–Crippen LogP) is 3.47. The van der Waals surface area contributed by atoms with Crippen molar-refractivity contribution in [2.75, 3.05) is 13.1 Å². The number of carbonyl (C=O) groups excluding carboxylic acids is 1. The van der Waals surface area contributed by atoms with E-state index < -0.39 is 0 Å². The zero-order valence-electron chi connectivity index (χ0n) is 10.2. The average Bonchev–Trinajstić information content (AvgIpc) is 2.40. The molecule has 0 atom stereocenters. The minimum absolute atomic E-state index is 0.149. The van der Waals surface area contributed by atoms with Gasteiger partial charge in [-0.3, -0.25) is 4.79 Å². The molecule has 0 aromatic heterocycles. The lowest BCUT2D eigenvalue weighted by molar-refractivity contribution is 0.103. The average molecular weight is 353 g/mol. The molecule has 0 aliphatic carbocycles. The van der Waals surface area contributed by atoms with Gasteiger partial charge >= 0.3 is 0 Å². The number of hydrogen-bond acceptors (Lipinski definition) is 2. The number of piperidine rings is 3. The first-order chi connectivity index (χ1) is 8.72. The number of nitrogens with zero attached hydrogens (tertiary/aromatic N) is 1. The summed E-state index contributed by atoms with van der Waals surface area (Å²) in [5.41, 5.74) is 2.05. The van der Waals surface area contributed by atoms with E-state index in [1.165, 1.54) is 18.5 Å². The summed E-state index contributed by atoms with van der Waals surface area (Å²) in [6, 6.07) is 7.81. The lowest BCUT2D eigenvalue weighted by atomic mass is 9.85. The second-order valence-electron chi connectivity index (χ2n) is 5.14. The van der Waals surface area contributed by atoms with Gasteiger partial charge in [-0.05, 0) is 59.9 Å². The molecule has 18 heavy (non-hydrogen) atoms. The van der Waals surface area contributed by atoms with Gasteiger partial charge in [0.15, 0.2) is 5.78 Å². The molecule has 3 fully saturated rings. The lowest BCUT2D eigenvalue weighted by Crippen LogP contribution is -2.39. The van der Waals surface area contributed by atoms with Crippen molar-refractivity contribution in [1.29, 1.82) is 0 Å². The monoisotopic (exact) mass is 353 g/mol. The molecule has 3 saturated heterocycles. The van der Waals surface area contributed by atoms with Crippen molar-refractivity contribution in [3.63, 3.8) is 0 Å². The van der Waals surface area contributed by atoms with Crippen LogP contribution < -0.4 is 0 Å². The Hall–Kier alpha value is -0.840. The molecule has 0 unspecified atom stereocenters. The summed E-state index contributed by atoms with van der Waals surface area (Å²) in [4.78, 5) is 14.6. The molecule has 0 saturated carbocycles. The van der Waals surface area contributed by atoms with Gasteiger partial charge in [-0.15, -0.1) is 0 Å². The van der Waals surface area contributed by atoms with E-state index in [0.29, 0.717) is 0 Å². The normalized spacial score (nSPS) is 21.6. The zero-order valence-corrected chi connectivity index (χ0v) is 12.4. The van der Waals surface area contributed by atoms with Crippen LogP contribution in [0.1, 0.15) is 29.6 Å². The molecule has 0 N–H and O–H groups in total. The Morgan fingerprint density at radius 1 is 1.33 bits per heavy atom. The quantitative estimate of drug-likeness (QED) is 0.461. The molecule has 4 rings (SSSR count). The first-order valence-electron chi connectivity index (χ1n) is 6.48. The van der Waals surface area contributed by atoms with Gasteiger partial charge in [-0.25, -0.2) is 0 Å². The van der Waals surface area contributed by atoms with Crippen LogP contribution in [0, 0.1) is 9.49 Å². The van der Waals surface area contributed by atoms with Gasteiger partial charge in [-0.1, -0.05) is 12.1 Å². The smallest absolute Gasteiger partial charge is 0.187 e. The fourth-order valence-corrected chi connectivity index (χ4v) is 3.42. The third kappa shape index (κ3) is 2.46. The molecule has 3 aliphatic heterocycles. The van der Waals surface area contributed by atoms with Crippen LogP contribution in [0.2, 0.25) is 0 Å². The highest BCUT2D eigenvalue weighted by atomic mass is 127. The highest BCUT2D eigenvalue weighted by Gasteiger charge is 2.28. The molecular formula is C15H16INO. The van der Waals surface area contributed by atoms with E-state index in [0.717, 1.165) is 34.6 Å². The van der Waals surface area contributed by atoms with Crippen LogP contribution in [0.3, 0.4) is 0 Å². The summed E-state index contributed by atoms with van der Waals surface area (Å²) in [5.74, 6) is 0.959. The largest absolute Gasteiger partial charge is 0.375 e. The molecule has 0 radical (unpaired) electrons. The van der Waals surface area contributed by atoms with Crippen molar-refractivity contribution in [3.05, 3.63) is 45.2 Å². The molecule has 0 spiro atoms. The predicted molar refractivity (Wildman–Crippen MR) is 80.5 cm³/mol. The van der Waals surface area contributed by atoms with Crippen molar-refractivity contribution in [1.82, 2.24) is 4.90 Å². The summed E-state index contributed by atoms with van der Waals surface area (Å²) in [6.45, 7) is 2.27. The van der Waals surface area contributed by atoms with Crippen LogP contribution in [0.5, 0.6) is 0 Å². The van der Waals surface area contributed by atoms with Gasteiger partial charge in [0.2, 0.25) is 0 Å². The van der Waals surface area contributed by atoms with Crippen LogP contribution in [-0.2, 0) is 0 Å². The van der Waals surface area contributed by atoms with E-state index in [2.05, 4.69) is 27.5 Å². The number of carbonyl (C=O) groups is 1. The summed E-state index contributed by atoms with van der Waals surface area (Å²) in [7, 11) is 0. The first kappa shape index (κ1) is 12.2. The fourth-order valence-electron chi connectivity index (χ4n) is 2.88. The molecule has 2 nitrogen and oxygen atoms in total. The maximum absolute atomic E-state index is 12.2. The van der Waals surface area contributed by atoms with Gasteiger partial charge < -0.3 is 4.90 Å². The van der Waals surface area contributed by atoms with Crippen molar-refractivity contribution in [3.8, 4) is 0 Å². The number of fused-ring (bicyclic) bond motifs is 3. The number of hydrogen-bond donors (Lipinski definition) is 0. The summed E-state index contributed by atoms with van der Waals surface area (Å²) in [6.07, 6.45) is 5.55. The maximum atomic E-state index is 12.2. The fraction of sp³-hybridized carbons (Fsp3) is 0.400. The third-order valence-corrected chi connectivity index (χ3v) is 4.60. The number of rotatable bonds is 2. The molecule has 0 amide bonds. The summed E-state index contributed by atoms with van der Waals surface area (Å²) < 4.78 is 1.11.